The van der Waals surface area contributed by atoms with E-state index in [1.165, 1.54) is 0 Å². The van der Waals surface area contributed by atoms with Gasteiger partial charge in [-0.15, -0.1) is 0 Å². The molecule has 0 radical (unpaired) electrons. The number of carbonyl (C=O) groups is 1. The molecule has 1 aromatic heterocycles. The van der Waals surface area contributed by atoms with Gasteiger partial charge >= 0.3 is 5.69 Å². The number of aromatic amines is 1. The van der Waals surface area contributed by atoms with Crippen molar-refractivity contribution in [3.05, 3.63) is 51.3 Å². The van der Waals surface area contributed by atoms with Crippen molar-refractivity contribution in [3.63, 3.8) is 0 Å². The molecule has 0 spiro atoms. The normalized spacial score (nSPS) is 15.8. The fraction of sp³-hybridized carbons (Fsp3) is 0.474. The third-order valence-electron chi connectivity index (χ3n) is 4.74. The number of carbonyl (C=O) groups excluding carboxylic acids is 1. The van der Waals surface area contributed by atoms with Crippen LogP contribution >= 0.6 is 0 Å². The number of nitrogens with one attached hydrogen (secondary N) is 2. The molecule has 156 valence electrons. The van der Waals surface area contributed by atoms with Crippen LogP contribution in [0.5, 0.6) is 0 Å². The van der Waals surface area contributed by atoms with Crippen molar-refractivity contribution >= 4 is 28.1 Å². The third kappa shape index (κ3) is 5.27. The van der Waals surface area contributed by atoms with Crippen molar-refractivity contribution < 1.29 is 18.7 Å². The second-order valence-electron chi connectivity index (χ2n) is 6.90. The number of hydrogen-bond acceptors (Lipinski definition) is 6. The van der Waals surface area contributed by atoms with Crippen LogP contribution in [0.15, 0.2) is 24.3 Å². The number of H-pyrrole nitrogens is 1. The summed E-state index contributed by atoms with van der Waals surface area (Å²) in [5, 5.41) is 20.6. The van der Waals surface area contributed by atoms with Gasteiger partial charge in [-0.3, -0.25) is 24.2 Å². The monoisotopic (exact) mass is 420 g/mol. The minimum Gasteiger partial charge on any atom is -0.381 e. The number of aryl methyl sites for hydroxylation is 1. The lowest BCUT2D eigenvalue weighted by atomic mass is 10.2. The topological polar surface area (TPSA) is 127 Å². The standard InChI is InChI=1S/C19H24N4O5S/c1-2-4-16-18(23(25)26)17(22-21-16)19(24)20-14-6-3-5-13(11-14)12-29(27)15-7-9-28-10-8-15/h3,5-6,11,15H,2,4,7-10,12H2,1H3,(H,20,24)(H,21,22). The molecule has 10 heteroatoms. The third-order valence-corrected chi connectivity index (χ3v) is 6.58. The number of hydrogen-bond donors (Lipinski definition) is 2. The highest BCUT2D eigenvalue weighted by molar-refractivity contribution is 7.84. The summed E-state index contributed by atoms with van der Waals surface area (Å²) in [6.45, 7) is 3.16. The Morgan fingerprint density at radius 1 is 1.41 bits per heavy atom. The van der Waals surface area contributed by atoms with Gasteiger partial charge in [-0.2, -0.15) is 5.10 Å². The minimum absolute atomic E-state index is 0.116. The minimum atomic E-state index is -1.02. The van der Waals surface area contributed by atoms with Crippen LogP contribution < -0.4 is 5.32 Å². The van der Waals surface area contributed by atoms with Gasteiger partial charge in [0, 0.05) is 40.7 Å². The number of rotatable bonds is 8. The lowest BCUT2D eigenvalue weighted by Gasteiger charge is -2.21. The average Bonchev–Trinajstić information content (AvgIpc) is 3.13. The van der Waals surface area contributed by atoms with Crippen LogP contribution in [0.2, 0.25) is 0 Å². The molecular weight excluding hydrogens is 396 g/mol. The average molecular weight is 420 g/mol. The molecule has 1 aromatic carbocycles. The van der Waals surface area contributed by atoms with Gasteiger partial charge in [0.05, 0.1) is 4.92 Å². The molecule has 29 heavy (non-hydrogen) atoms. The maximum absolute atomic E-state index is 12.6. The second kappa shape index (κ2) is 9.75. The van der Waals surface area contributed by atoms with Gasteiger partial charge in [0.2, 0.25) is 5.69 Å². The van der Waals surface area contributed by atoms with Gasteiger partial charge in [-0.25, -0.2) is 0 Å². The van der Waals surface area contributed by atoms with E-state index >= 15 is 0 Å². The summed E-state index contributed by atoms with van der Waals surface area (Å²) in [4.78, 5) is 23.4. The Balaban J connectivity index is 1.71. The molecule has 1 aliphatic heterocycles. The Hall–Kier alpha value is -2.59. The Morgan fingerprint density at radius 2 is 2.17 bits per heavy atom. The van der Waals surface area contributed by atoms with E-state index in [-0.39, 0.29) is 16.6 Å². The van der Waals surface area contributed by atoms with E-state index in [0.29, 0.717) is 43.2 Å². The van der Waals surface area contributed by atoms with Crippen molar-refractivity contribution in [2.75, 3.05) is 18.5 Å². The van der Waals surface area contributed by atoms with Crippen molar-refractivity contribution in [1.29, 1.82) is 0 Å². The SMILES string of the molecule is CCCc1[nH]nc(C(=O)Nc2cccc(CS(=O)C3CCOCC3)c2)c1[N+](=O)[O-]. The lowest BCUT2D eigenvalue weighted by Crippen LogP contribution is -2.25. The molecule has 2 N–H and O–H groups in total. The number of nitro groups is 1. The number of aromatic nitrogens is 2. The Morgan fingerprint density at radius 3 is 2.86 bits per heavy atom. The predicted molar refractivity (Wildman–Crippen MR) is 109 cm³/mol. The first-order chi connectivity index (χ1) is 14.0. The van der Waals surface area contributed by atoms with Crippen LogP contribution in [0.1, 0.15) is 47.9 Å². The molecule has 1 saturated heterocycles. The zero-order chi connectivity index (χ0) is 20.8. The zero-order valence-corrected chi connectivity index (χ0v) is 17.0. The van der Waals surface area contributed by atoms with Crippen LogP contribution in [0.3, 0.4) is 0 Å². The molecule has 1 amide bonds. The molecule has 0 aliphatic carbocycles. The van der Waals surface area contributed by atoms with E-state index < -0.39 is 21.6 Å². The summed E-state index contributed by atoms with van der Waals surface area (Å²) >= 11 is 0. The maximum Gasteiger partial charge on any atom is 0.322 e. The molecule has 2 heterocycles. The largest absolute Gasteiger partial charge is 0.381 e. The van der Waals surface area contributed by atoms with Gasteiger partial charge in [-0.1, -0.05) is 25.5 Å². The van der Waals surface area contributed by atoms with E-state index in [0.717, 1.165) is 18.4 Å². The first kappa shape index (κ1) is 21.1. The molecule has 1 atom stereocenters. The van der Waals surface area contributed by atoms with Crippen LogP contribution in [0, 0.1) is 10.1 Å². The van der Waals surface area contributed by atoms with E-state index in [1.807, 2.05) is 13.0 Å². The number of ether oxygens (including phenoxy) is 1. The molecular formula is C19H24N4O5S. The molecule has 1 fully saturated rings. The number of nitrogens with zero attached hydrogens (tertiary/aromatic N) is 2. The second-order valence-corrected chi connectivity index (χ2v) is 8.61. The molecule has 2 aromatic rings. The van der Waals surface area contributed by atoms with E-state index in [9.17, 15) is 19.1 Å². The Labute approximate surface area is 170 Å². The highest BCUT2D eigenvalue weighted by Crippen LogP contribution is 2.24. The van der Waals surface area contributed by atoms with Crippen LogP contribution in [-0.4, -0.2) is 43.7 Å². The van der Waals surface area contributed by atoms with E-state index in [2.05, 4.69) is 15.5 Å². The molecule has 0 saturated carbocycles. The Bertz CT molecular complexity index is 908. The van der Waals surface area contributed by atoms with Gasteiger partial charge in [0.25, 0.3) is 5.91 Å². The van der Waals surface area contributed by atoms with E-state index in [4.69, 9.17) is 4.74 Å². The van der Waals surface area contributed by atoms with Gasteiger partial charge in [0.15, 0.2) is 0 Å². The summed E-state index contributed by atoms with van der Waals surface area (Å²) in [6, 6.07) is 7.03. The summed E-state index contributed by atoms with van der Waals surface area (Å²) < 4.78 is 17.9. The maximum atomic E-state index is 12.6. The fourth-order valence-electron chi connectivity index (χ4n) is 3.30. The molecule has 9 nitrogen and oxygen atoms in total. The van der Waals surface area contributed by atoms with Crippen molar-refractivity contribution in [1.82, 2.24) is 10.2 Å². The molecule has 1 aliphatic rings. The van der Waals surface area contributed by atoms with Crippen LogP contribution in [0.4, 0.5) is 11.4 Å². The van der Waals surface area contributed by atoms with Crippen molar-refractivity contribution in [2.24, 2.45) is 0 Å². The summed E-state index contributed by atoms with van der Waals surface area (Å²) in [5.74, 6) is -0.268. The smallest absolute Gasteiger partial charge is 0.322 e. The summed E-state index contributed by atoms with van der Waals surface area (Å²) in [6.07, 6.45) is 2.69. The van der Waals surface area contributed by atoms with Crippen molar-refractivity contribution in [3.8, 4) is 0 Å². The predicted octanol–water partition coefficient (Wildman–Crippen LogP) is 2.95. The highest BCUT2D eigenvalue weighted by Gasteiger charge is 2.28. The van der Waals surface area contributed by atoms with Gasteiger partial charge in [0.1, 0.15) is 5.69 Å². The first-order valence-electron chi connectivity index (χ1n) is 9.56. The number of anilines is 1. The van der Waals surface area contributed by atoms with Gasteiger partial charge in [-0.05, 0) is 37.0 Å². The number of amides is 1. The van der Waals surface area contributed by atoms with E-state index in [1.54, 1.807) is 18.2 Å². The fourth-order valence-corrected chi connectivity index (χ4v) is 4.76. The molecule has 3 rings (SSSR count). The first-order valence-corrected chi connectivity index (χ1v) is 10.9. The zero-order valence-electron chi connectivity index (χ0n) is 16.2. The highest BCUT2D eigenvalue weighted by atomic mass is 32.2. The lowest BCUT2D eigenvalue weighted by molar-refractivity contribution is -0.385. The quantitative estimate of drug-likeness (QED) is 0.499. The summed E-state index contributed by atoms with van der Waals surface area (Å²) in [7, 11) is -1.02. The Kier molecular flexibility index (Phi) is 7.10. The van der Waals surface area contributed by atoms with Gasteiger partial charge < -0.3 is 10.1 Å². The van der Waals surface area contributed by atoms with Crippen LogP contribution in [-0.2, 0) is 27.7 Å². The van der Waals surface area contributed by atoms with Crippen LogP contribution in [0.25, 0.3) is 0 Å². The number of benzene rings is 1. The van der Waals surface area contributed by atoms with Crippen molar-refractivity contribution in [2.45, 2.75) is 43.6 Å². The summed E-state index contributed by atoms with van der Waals surface area (Å²) in [5.41, 5.74) is 1.11. The molecule has 1 unspecified atom stereocenters. The molecule has 0 bridgehead atoms.